The number of hydrogen-bond donors (Lipinski definition) is 2. The molecular weight excluding hydrogens is 508 g/mol. The topological polar surface area (TPSA) is 74.6 Å². The molecule has 0 atom stereocenters. The zero-order chi connectivity index (χ0) is 28.4. The van der Waals surface area contributed by atoms with Crippen LogP contribution in [0.4, 0.5) is 17.2 Å². The van der Waals surface area contributed by atoms with Crippen molar-refractivity contribution in [1.29, 1.82) is 0 Å². The molecule has 7 heteroatoms. The smallest absolute Gasteiger partial charge is 0.255 e. The van der Waals surface area contributed by atoms with Crippen molar-refractivity contribution in [1.82, 2.24) is 19.3 Å². The maximum absolute atomic E-state index is 13.0. The SMILES string of the molecule is CC(C)(C)c1ccc(C(=O)Nc2cccc(-c3cn4ccnc4c(Nc4ccc(CN5CCCC5)cc4)n3)c2)cc1. The van der Waals surface area contributed by atoms with Crippen LogP contribution in [0.3, 0.4) is 0 Å². The number of anilines is 3. The average molecular weight is 545 g/mol. The number of fused-ring (bicyclic) bond motifs is 1. The van der Waals surface area contributed by atoms with E-state index in [4.69, 9.17) is 4.98 Å². The molecular formula is C34H36N6O. The Morgan fingerprint density at radius 2 is 1.68 bits per heavy atom. The molecule has 1 aliphatic heterocycles. The Bertz CT molecular complexity index is 1660. The summed E-state index contributed by atoms with van der Waals surface area (Å²) in [6.07, 6.45) is 8.23. The first-order valence-corrected chi connectivity index (χ1v) is 14.3. The highest BCUT2D eigenvalue weighted by Crippen LogP contribution is 2.27. The van der Waals surface area contributed by atoms with E-state index in [1.54, 1.807) is 6.20 Å². The van der Waals surface area contributed by atoms with Gasteiger partial charge in [0.05, 0.1) is 5.69 Å². The molecule has 1 amide bonds. The van der Waals surface area contributed by atoms with Crippen LogP contribution in [0.2, 0.25) is 0 Å². The quantitative estimate of drug-likeness (QED) is 0.225. The molecule has 0 saturated carbocycles. The molecule has 3 heterocycles. The minimum Gasteiger partial charge on any atom is -0.337 e. The van der Waals surface area contributed by atoms with Crippen molar-refractivity contribution in [2.75, 3.05) is 23.7 Å². The van der Waals surface area contributed by atoms with Gasteiger partial charge < -0.3 is 15.0 Å². The first-order valence-electron chi connectivity index (χ1n) is 14.3. The number of carbonyl (C=O) groups excluding carboxylic acids is 1. The van der Waals surface area contributed by atoms with Gasteiger partial charge in [-0.15, -0.1) is 0 Å². The molecule has 0 bridgehead atoms. The van der Waals surface area contributed by atoms with E-state index in [0.717, 1.165) is 29.1 Å². The Kier molecular flexibility index (Phi) is 7.28. The summed E-state index contributed by atoms with van der Waals surface area (Å²) >= 11 is 0. The Balaban J connectivity index is 1.21. The van der Waals surface area contributed by atoms with Gasteiger partial charge >= 0.3 is 0 Å². The van der Waals surface area contributed by atoms with E-state index in [1.165, 1.54) is 37.1 Å². The molecule has 2 aromatic heterocycles. The zero-order valence-corrected chi connectivity index (χ0v) is 23.9. The van der Waals surface area contributed by atoms with Gasteiger partial charge in [0, 0.05) is 47.6 Å². The molecule has 5 aromatic rings. The normalized spacial score (nSPS) is 13.9. The van der Waals surface area contributed by atoms with E-state index in [2.05, 4.69) is 65.6 Å². The van der Waals surface area contributed by atoms with Crippen LogP contribution in [0.25, 0.3) is 16.9 Å². The van der Waals surface area contributed by atoms with Gasteiger partial charge in [0.25, 0.3) is 5.91 Å². The highest BCUT2D eigenvalue weighted by molar-refractivity contribution is 6.04. The van der Waals surface area contributed by atoms with Crippen molar-refractivity contribution in [3.63, 3.8) is 0 Å². The number of rotatable bonds is 7. The van der Waals surface area contributed by atoms with Crippen LogP contribution in [0.1, 0.15) is 55.1 Å². The number of imidazole rings is 1. The largest absolute Gasteiger partial charge is 0.337 e. The molecule has 0 aliphatic carbocycles. The second kappa shape index (κ2) is 11.2. The van der Waals surface area contributed by atoms with Gasteiger partial charge in [-0.1, -0.05) is 57.2 Å². The van der Waals surface area contributed by atoms with Crippen LogP contribution < -0.4 is 10.6 Å². The summed E-state index contributed by atoms with van der Waals surface area (Å²) in [7, 11) is 0. The Morgan fingerprint density at radius 1 is 0.927 bits per heavy atom. The zero-order valence-electron chi connectivity index (χ0n) is 23.9. The summed E-state index contributed by atoms with van der Waals surface area (Å²) in [6, 6.07) is 24.1. The molecule has 1 aliphatic rings. The van der Waals surface area contributed by atoms with Gasteiger partial charge in [-0.2, -0.15) is 0 Å². The van der Waals surface area contributed by atoms with Crippen molar-refractivity contribution >= 4 is 28.7 Å². The highest BCUT2D eigenvalue weighted by Gasteiger charge is 2.16. The van der Waals surface area contributed by atoms with Gasteiger partial charge in [0.2, 0.25) is 0 Å². The first kappa shape index (κ1) is 26.7. The third kappa shape index (κ3) is 6.15. The van der Waals surface area contributed by atoms with Crippen LogP contribution in [-0.4, -0.2) is 38.3 Å². The monoisotopic (exact) mass is 544 g/mol. The standard InChI is InChI=1S/C34H36N6O/c1-34(2,3)27-13-11-25(12-14-27)33(41)37-29-8-6-7-26(21-29)30-23-40-20-17-35-32(40)31(38-30)36-28-15-9-24(10-16-28)22-39-18-4-5-19-39/h6-17,20-21,23H,4-5,18-19,22H2,1-3H3,(H,36,38)(H,37,41). The number of nitrogens with zero attached hydrogens (tertiary/aromatic N) is 4. The van der Waals surface area contributed by atoms with Crippen molar-refractivity contribution < 1.29 is 4.79 Å². The average Bonchev–Trinajstić information content (AvgIpc) is 3.66. The summed E-state index contributed by atoms with van der Waals surface area (Å²) in [5, 5.41) is 6.51. The van der Waals surface area contributed by atoms with Crippen molar-refractivity contribution in [3.8, 4) is 11.3 Å². The van der Waals surface area contributed by atoms with Crippen molar-refractivity contribution in [3.05, 3.63) is 108 Å². The van der Waals surface area contributed by atoms with Crippen LogP contribution in [0, 0.1) is 0 Å². The van der Waals surface area contributed by atoms with Crippen molar-refractivity contribution in [2.24, 2.45) is 0 Å². The minimum absolute atomic E-state index is 0.0389. The Labute approximate surface area is 241 Å². The fourth-order valence-electron chi connectivity index (χ4n) is 5.26. The minimum atomic E-state index is -0.142. The van der Waals surface area contributed by atoms with E-state index in [1.807, 2.05) is 65.3 Å². The molecule has 6 rings (SSSR count). The number of amides is 1. The molecule has 0 spiro atoms. The van der Waals surface area contributed by atoms with E-state index in [0.29, 0.717) is 17.1 Å². The fourth-order valence-corrected chi connectivity index (χ4v) is 5.26. The molecule has 1 fully saturated rings. The Hall–Kier alpha value is -4.49. The van der Waals surface area contributed by atoms with Crippen LogP contribution in [0.15, 0.2) is 91.4 Å². The first-order chi connectivity index (χ1) is 19.8. The van der Waals surface area contributed by atoms with Crippen molar-refractivity contribution in [2.45, 2.75) is 45.6 Å². The predicted octanol–water partition coefficient (Wildman–Crippen LogP) is 7.29. The predicted molar refractivity (Wildman–Crippen MR) is 166 cm³/mol. The van der Waals surface area contributed by atoms with Gasteiger partial charge in [-0.05, 0) is 78.9 Å². The number of carbonyl (C=O) groups is 1. The lowest BCUT2D eigenvalue weighted by Crippen LogP contribution is -2.18. The number of aromatic nitrogens is 3. The van der Waals surface area contributed by atoms with Gasteiger partial charge in [-0.25, -0.2) is 9.97 Å². The molecule has 0 unspecified atom stereocenters. The molecule has 2 N–H and O–H groups in total. The molecule has 1 saturated heterocycles. The Morgan fingerprint density at radius 3 is 2.41 bits per heavy atom. The maximum atomic E-state index is 13.0. The second-order valence-electron chi connectivity index (χ2n) is 11.8. The number of nitrogens with one attached hydrogen (secondary N) is 2. The lowest BCUT2D eigenvalue weighted by molar-refractivity contribution is 0.102. The van der Waals surface area contributed by atoms with Crippen LogP contribution >= 0.6 is 0 Å². The summed E-state index contributed by atoms with van der Waals surface area (Å²) in [6.45, 7) is 9.85. The number of likely N-dealkylation sites (tertiary alicyclic amines) is 1. The van der Waals surface area contributed by atoms with Gasteiger partial charge in [0.15, 0.2) is 11.5 Å². The van der Waals surface area contributed by atoms with E-state index >= 15 is 0 Å². The van der Waals surface area contributed by atoms with Gasteiger partial charge in [-0.3, -0.25) is 9.69 Å². The molecule has 208 valence electrons. The van der Waals surface area contributed by atoms with E-state index in [9.17, 15) is 4.79 Å². The van der Waals surface area contributed by atoms with E-state index < -0.39 is 0 Å². The lowest BCUT2D eigenvalue weighted by Gasteiger charge is -2.19. The maximum Gasteiger partial charge on any atom is 0.255 e. The van der Waals surface area contributed by atoms with Gasteiger partial charge in [0.1, 0.15) is 0 Å². The highest BCUT2D eigenvalue weighted by atomic mass is 16.1. The number of hydrogen-bond acceptors (Lipinski definition) is 5. The molecule has 3 aromatic carbocycles. The fraction of sp³-hybridized carbons (Fsp3) is 0.265. The van der Waals surface area contributed by atoms with Crippen LogP contribution in [0.5, 0.6) is 0 Å². The molecule has 0 radical (unpaired) electrons. The second-order valence-corrected chi connectivity index (χ2v) is 11.8. The third-order valence-electron chi connectivity index (χ3n) is 7.62. The summed E-state index contributed by atoms with van der Waals surface area (Å²) in [4.78, 5) is 25.0. The summed E-state index contributed by atoms with van der Waals surface area (Å²) < 4.78 is 1.97. The third-order valence-corrected chi connectivity index (χ3v) is 7.62. The molecule has 41 heavy (non-hydrogen) atoms. The summed E-state index contributed by atoms with van der Waals surface area (Å²) in [5.74, 6) is 0.532. The van der Waals surface area contributed by atoms with Crippen LogP contribution in [-0.2, 0) is 12.0 Å². The summed E-state index contributed by atoms with van der Waals surface area (Å²) in [5.41, 5.74) is 7.26. The number of benzene rings is 3. The van der Waals surface area contributed by atoms with E-state index in [-0.39, 0.29) is 11.3 Å². The molecule has 7 nitrogen and oxygen atoms in total. The lowest BCUT2D eigenvalue weighted by atomic mass is 9.87.